The number of hydrogen-bond acceptors (Lipinski definition) is 5. The lowest BCUT2D eigenvalue weighted by Crippen LogP contribution is -2.11. The van der Waals surface area contributed by atoms with E-state index in [9.17, 15) is 14.9 Å². The van der Waals surface area contributed by atoms with Crippen LogP contribution < -0.4 is 10.1 Å². The normalized spacial score (nSPS) is 10.5. The van der Waals surface area contributed by atoms with Crippen molar-refractivity contribution in [2.75, 3.05) is 12.4 Å². The Labute approximate surface area is 163 Å². The zero-order chi connectivity index (χ0) is 19.6. The van der Waals surface area contributed by atoms with Crippen LogP contribution in [0.4, 0.5) is 11.4 Å². The number of rotatable bonds is 5. The number of benzene rings is 2. The Kier molecular flexibility index (Phi) is 5.34. The summed E-state index contributed by atoms with van der Waals surface area (Å²) < 4.78 is 10.7. The van der Waals surface area contributed by atoms with E-state index in [2.05, 4.69) is 5.32 Å². The molecule has 0 unspecified atom stereocenters. The number of carbonyl (C=O) groups excluding carboxylic acids is 1. The van der Waals surface area contributed by atoms with Crippen LogP contribution in [0.3, 0.4) is 0 Å². The molecule has 9 heteroatoms. The van der Waals surface area contributed by atoms with Gasteiger partial charge in [-0.05, 0) is 36.4 Å². The van der Waals surface area contributed by atoms with Crippen molar-refractivity contribution >= 4 is 40.5 Å². The van der Waals surface area contributed by atoms with E-state index in [1.807, 2.05) is 0 Å². The van der Waals surface area contributed by atoms with E-state index in [1.54, 1.807) is 24.3 Å². The highest BCUT2D eigenvalue weighted by Crippen LogP contribution is 2.33. The molecule has 2 aromatic carbocycles. The minimum absolute atomic E-state index is 0.0291. The monoisotopic (exact) mass is 406 g/mol. The number of nitro benzene ring substituents is 1. The number of nitrogens with zero attached hydrogens (tertiary/aromatic N) is 1. The van der Waals surface area contributed by atoms with Gasteiger partial charge in [-0.15, -0.1) is 0 Å². The van der Waals surface area contributed by atoms with Crippen LogP contribution in [-0.2, 0) is 0 Å². The van der Waals surface area contributed by atoms with Gasteiger partial charge in [-0.2, -0.15) is 0 Å². The molecule has 0 aliphatic carbocycles. The molecule has 0 saturated carbocycles. The van der Waals surface area contributed by atoms with Gasteiger partial charge in [0, 0.05) is 22.7 Å². The smallest absolute Gasteiger partial charge is 0.291 e. The molecule has 0 aliphatic heterocycles. The summed E-state index contributed by atoms with van der Waals surface area (Å²) in [7, 11) is 1.47. The number of halogens is 2. The lowest BCUT2D eigenvalue weighted by atomic mass is 10.1. The number of non-ortho nitro benzene ring substituents is 1. The molecule has 138 valence electrons. The fourth-order valence-corrected chi connectivity index (χ4v) is 2.82. The third kappa shape index (κ3) is 4.05. The molecule has 0 saturated heterocycles. The van der Waals surface area contributed by atoms with Crippen molar-refractivity contribution in [2.45, 2.75) is 0 Å². The lowest BCUT2D eigenvalue weighted by Gasteiger charge is -2.09. The van der Waals surface area contributed by atoms with Crippen LogP contribution in [0.25, 0.3) is 11.3 Å². The molecule has 27 heavy (non-hydrogen) atoms. The van der Waals surface area contributed by atoms with Crippen LogP contribution in [0.1, 0.15) is 10.6 Å². The van der Waals surface area contributed by atoms with Gasteiger partial charge in [0.25, 0.3) is 11.6 Å². The van der Waals surface area contributed by atoms with Crippen molar-refractivity contribution in [1.82, 2.24) is 0 Å². The lowest BCUT2D eigenvalue weighted by molar-refractivity contribution is -0.384. The van der Waals surface area contributed by atoms with Gasteiger partial charge in [-0.3, -0.25) is 14.9 Å². The summed E-state index contributed by atoms with van der Waals surface area (Å²) in [6.07, 6.45) is 0. The van der Waals surface area contributed by atoms with Gasteiger partial charge in [-0.25, -0.2) is 0 Å². The Morgan fingerprint density at radius 1 is 1.15 bits per heavy atom. The van der Waals surface area contributed by atoms with Crippen LogP contribution in [0.5, 0.6) is 5.75 Å². The number of amides is 1. The Morgan fingerprint density at radius 2 is 1.93 bits per heavy atom. The number of furan rings is 1. The molecule has 3 rings (SSSR count). The molecule has 3 aromatic rings. The first-order valence-electron chi connectivity index (χ1n) is 7.58. The summed E-state index contributed by atoms with van der Waals surface area (Å²) in [4.78, 5) is 22.7. The van der Waals surface area contributed by atoms with E-state index in [0.29, 0.717) is 27.8 Å². The van der Waals surface area contributed by atoms with Crippen LogP contribution in [-0.4, -0.2) is 17.9 Å². The molecule has 7 nitrogen and oxygen atoms in total. The van der Waals surface area contributed by atoms with E-state index in [1.165, 1.54) is 31.4 Å². The number of nitrogens with one attached hydrogen (secondary N) is 1. The third-order valence-corrected chi connectivity index (χ3v) is 4.22. The van der Waals surface area contributed by atoms with Gasteiger partial charge in [-0.1, -0.05) is 23.2 Å². The Hall–Kier alpha value is -3.03. The highest BCUT2D eigenvalue weighted by Gasteiger charge is 2.17. The molecule has 1 amide bonds. The molecule has 0 spiro atoms. The number of hydrogen-bond donors (Lipinski definition) is 1. The van der Waals surface area contributed by atoms with E-state index in [-0.39, 0.29) is 16.5 Å². The molecule has 1 aromatic heterocycles. The summed E-state index contributed by atoms with van der Waals surface area (Å²) in [5, 5.41) is 14.0. The van der Waals surface area contributed by atoms with Gasteiger partial charge in [0.15, 0.2) is 5.76 Å². The molecule has 1 heterocycles. The number of methoxy groups -OCH3 is 1. The number of anilines is 1. The minimum atomic E-state index is -0.547. The molecule has 0 radical (unpaired) electrons. The van der Waals surface area contributed by atoms with E-state index >= 15 is 0 Å². The summed E-state index contributed by atoms with van der Waals surface area (Å²) >= 11 is 12.0. The van der Waals surface area contributed by atoms with Crippen molar-refractivity contribution in [2.24, 2.45) is 0 Å². The van der Waals surface area contributed by atoms with Crippen molar-refractivity contribution in [3.05, 3.63) is 74.5 Å². The van der Waals surface area contributed by atoms with Gasteiger partial charge in [0.1, 0.15) is 11.5 Å². The number of nitro groups is 1. The van der Waals surface area contributed by atoms with Crippen LogP contribution >= 0.6 is 23.2 Å². The predicted octanol–water partition coefficient (Wildman–Crippen LogP) is 5.42. The zero-order valence-corrected chi connectivity index (χ0v) is 15.4. The molecule has 0 fully saturated rings. The Bertz CT molecular complexity index is 1030. The van der Waals surface area contributed by atoms with Crippen molar-refractivity contribution < 1.29 is 18.9 Å². The standard InChI is InChI=1S/C18H12Cl2N2O5/c1-26-16-5-2-10(19)8-14(16)21-18(23)17-7-6-15(27-17)12-4-3-11(22(24)25)9-13(12)20/h2-9H,1H3,(H,21,23). The average Bonchev–Trinajstić information content (AvgIpc) is 3.11. The zero-order valence-electron chi connectivity index (χ0n) is 13.9. The minimum Gasteiger partial charge on any atom is -0.495 e. The van der Waals surface area contributed by atoms with Gasteiger partial charge in [0.2, 0.25) is 0 Å². The molecule has 0 aliphatic rings. The summed E-state index contributed by atoms with van der Waals surface area (Å²) in [6, 6.07) is 11.8. The first kappa shape index (κ1) is 18.8. The second-order valence-corrected chi connectivity index (χ2v) is 6.23. The first-order valence-corrected chi connectivity index (χ1v) is 8.33. The van der Waals surface area contributed by atoms with Crippen LogP contribution in [0, 0.1) is 10.1 Å². The quantitative estimate of drug-likeness (QED) is 0.450. The Balaban J connectivity index is 1.85. The molecule has 1 N–H and O–H groups in total. The largest absolute Gasteiger partial charge is 0.495 e. The maximum Gasteiger partial charge on any atom is 0.291 e. The fourth-order valence-electron chi connectivity index (χ4n) is 2.38. The van der Waals surface area contributed by atoms with E-state index in [0.717, 1.165) is 0 Å². The van der Waals surface area contributed by atoms with Gasteiger partial charge >= 0.3 is 0 Å². The highest BCUT2D eigenvalue weighted by molar-refractivity contribution is 6.33. The van der Waals surface area contributed by atoms with Crippen molar-refractivity contribution in [3.8, 4) is 17.1 Å². The highest BCUT2D eigenvalue weighted by atomic mass is 35.5. The molecular weight excluding hydrogens is 395 g/mol. The fraction of sp³-hybridized carbons (Fsp3) is 0.0556. The topological polar surface area (TPSA) is 94.6 Å². The number of ether oxygens (including phenoxy) is 1. The average molecular weight is 407 g/mol. The molecular formula is C18H12Cl2N2O5. The van der Waals surface area contributed by atoms with Gasteiger partial charge in [0.05, 0.1) is 22.7 Å². The summed E-state index contributed by atoms with van der Waals surface area (Å²) in [6.45, 7) is 0. The van der Waals surface area contributed by atoms with Crippen LogP contribution in [0.2, 0.25) is 10.0 Å². The molecule has 0 bridgehead atoms. The Morgan fingerprint density at radius 3 is 2.59 bits per heavy atom. The maximum absolute atomic E-state index is 12.4. The van der Waals surface area contributed by atoms with Gasteiger partial charge < -0.3 is 14.5 Å². The van der Waals surface area contributed by atoms with Crippen molar-refractivity contribution in [3.63, 3.8) is 0 Å². The summed E-state index contributed by atoms with van der Waals surface area (Å²) in [5.41, 5.74) is 0.685. The number of carbonyl (C=O) groups is 1. The second kappa shape index (κ2) is 7.69. The van der Waals surface area contributed by atoms with E-state index < -0.39 is 10.8 Å². The van der Waals surface area contributed by atoms with Crippen LogP contribution in [0.15, 0.2) is 52.9 Å². The predicted molar refractivity (Wildman–Crippen MR) is 102 cm³/mol. The van der Waals surface area contributed by atoms with E-state index in [4.69, 9.17) is 32.4 Å². The molecule has 0 atom stereocenters. The second-order valence-electron chi connectivity index (χ2n) is 5.38. The maximum atomic E-state index is 12.4. The first-order chi connectivity index (χ1) is 12.9. The van der Waals surface area contributed by atoms with Crippen molar-refractivity contribution in [1.29, 1.82) is 0 Å². The summed E-state index contributed by atoms with van der Waals surface area (Å²) in [5.74, 6) is 0.261. The third-order valence-electron chi connectivity index (χ3n) is 3.67. The SMILES string of the molecule is COc1ccc(Cl)cc1NC(=O)c1ccc(-c2ccc([N+](=O)[O-])cc2Cl)o1.